The summed E-state index contributed by atoms with van der Waals surface area (Å²) in [6, 6.07) is 48.9. The Morgan fingerprint density at radius 1 is 0.433 bits per heavy atom. The zero-order chi connectivity index (χ0) is 41.6. The molecule has 5 heteroatoms. The highest BCUT2D eigenvalue weighted by Crippen LogP contribution is 2.43. The molecule has 0 fully saturated rings. The molecule has 5 nitrogen and oxygen atoms in total. The number of hydrogen-bond acceptors (Lipinski definition) is 3. The summed E-state index contributed by atoms with van der Waals surface area (Å²) in [7, 11) is 0. The zero-order valence-corrected chi connectivity index (χ0v) is 35.4. The van der Waals surface area contributed by atoms with Crippen LogP contribution in [-0.2, 0) is 0 Å². The van der Waals surface area contributed by atoms with E-state index in [4.69, 9.17) is 9.97 Å². The van der Waals surface area contributed by atoms with Gasteiger partial charge in [0.25, 0.3) is 0 Å². The maximum Gasteiger partial charge on any atom is 0.161 e. The second-order valence-corrected chi connectivity index (χ2v) is 16.7. The molecule has 0 N–H and O–H groups in total. The number of hydrogen-bond donors (Lipinski definition) is 0. The van der Waals surface area contributed by atoms with Crippen LogP contribution >= 0.6 is 0 Å². The second kappa shape index (κ2) is 13.9. The second-order valence-electron chi connectivity index (χ2n) is 16.7. The first-order chi connectivity index (χ1) is 29.0. The summed E-state index contributed by atoms with van der Waals surface area (Å²) in [6.07, 6.45) is 0. The van der Waals surface area contributed by atoms with Gasteiger partial charge in [0.2, 0.25) is 0 Å². The molecule has 0 aliphatic heterocycles. The zero-order valence-electron chi connectivity index (χ0n) is 35.4. The van der Waals surface area contributed by atoms with Gasteiger partial charge >= 0.3 is 0 Å². The van der Waals surface area contributed by atoms with Crippen LogP contribution in [0.3, 0.4) is 0 Å². The normalized spacial score (nSPS) is 11.7. The standard InChI is InChI=1S/C55H45N5/c1-31-21-33(3)53(34(4)22-31)39-17-19-44-42-13-9-11-15-47(42)59(49(44)26-39)51-28-41(30-56)46(55-57-37(7)25-38(8)58-55)29-52(51)60-48-16-12-10-14-43(48)45-20-18-40(27-50(45)60)54-35(5)23-32(2)24-36(54)6/h9-29H,1-8H3. The number of fused-ring (bicyclic) bond motifs is 6. The van der Waals surface area contributed by atoms with Gasteiger partial charge in [-0.2, -0.15) is 5.26 Å². The third kappa shape index (κ3) is 5.82. The highest BCUT2D eigenvalue weighted by molar-refractivity contribution is 6.13. The lowest BCUT2D eigenvalue weighted by atomic mass is 9.93. The predicted molar refractivity (Wildman–Crippen MR) is 250 cm³/mol. The SMILES string of the molecule is Cc1cc(C)c(-c2ccc3c4ccccc4n(-c4cc(C#N)c(-c5nc(C)cc(C)n5)cc4-n4c5ccccc5c5ccc(-c6c(C)cc(C)cc6C)cc54)c3c2)c(C)c1. The molecule has 3 heterocycles. The fourth-order valence-electron chi connectivity index (χ4n) is 10.1. The number of aromatic nitrogens is 4. The van der Waals surface area contributed by atoms with Crippen molar-refractivity contribution >= 4 is 43.6 Å². The minimum atomic E-state index is 0.512. The molecule has 10 rings (SSSR count). The first-order valence-electron chi connectivity index (χ1n) is 20.6. The van der Waals surface area contributed by atoms with Crippen LogP contribution in [0.15, 0.2) is 127 Å². The van der Waals surface area contributed by atoms with Crippen molar-refractivity contribution in [2.45, 2.75) is 55.4 Å². The maximum absolute atomic E-state index is 11.0. The van der Waals surface area contributed by atoms with E-state index in [1.807, 2.05) is 19.9 Å². The monoisotopic (exact) mass is 775 g/mol. The van der Waals surface area contributed by atoms with Gasteiger partial charge in [-0.05, 0) is 142 Å². The van der Waals surface area contributed by atoms with Crippen molar-refractivity contribution in [1.82, 2.24) is 19.1 Å². The minimum absolute atomic E-state index is 0.512. The summed E-state index contributed by atoms with van der Waals surface area (Å²) in [6.45, 7) is 17.1. The topological polar surface area (TPSA) is 59.4 Å². The predicted octanol–water partition coefficient (Wildman–Crippen LogP) is 14.0. The third-order valence-electron chi connectivity index (χ3n) is 12.2. The first-order valence-corrected chi connectivity index (χ1v) is 20.6. The molecular weight excluding hydrogens is 731 g/mol. The van der Waals surface area contributed by atoms with Gasteiger partial charge in [-0.15, -0.1) is 0 Å². The van der Waals surface area contributed by atoms with Gasteiger partial charge in [0.15, 0.2) is 5.82 Å². The summed E-state index contributed by atoms with van der Waals surface area (Å²) < 4.78 is 4.77. The molecule has 0 radical (unpaired) electrons. The molecule has 290 valence electrons. The van der Waals surface area contributed by atoms with Gasteiger partial charge in [0, 0.05) is 38.5 Å². The van der Waals surface area contributed by atoms with Crippen LogP contribution in [0.25, 0.3) is 88.6 Å². The number of nitriles is 1. The van der Waals surface area contributed by atoms with Crippen LogP contribution in [-0.4, -0.2) is 19.1 Å². The molecule has 0 aliphatic rings. The van der Waals surface area contributed by atoms with E-state index >= 15 is 0 Å². The van der Waals surface area contributed by atoms with E-state index in [0.717, 1.165) is 71.9 Å². The Hall–Kier alpha value is -7.29. The number of nitrogens with zero attached hydrogens (tertiary/aromatic N) is 5. The number of benzene rings is 7. The van der Waals surface area contributed by atoms with E-state index in [1.54, 1.807) is 0 Å². The molecule has 7 aromatic carbocycles. The molecule has 3 aromatic heterocycles. The molecule has 0 saturated heterocycles. The van der Waals surface area contributed by atoms with Gasteiger partial charge in [-0.1, -0.05) is 96.1 Å². The Kier molecular flexibility index (Phi) is 8.59. The summed E-state index contributed by atoms with van der Waals surface area (Å²) in [4.78, 5) is 9.84. The summed E-state index contributed by atoms with van der Waals surface area (Å²) >= 11 is 0. The third-order valence-corrected chi connectivity index (χ3v) is 12.2. The number of aryl methyl sites for hydroxylation is 8. The summed E-state index contributed by atoms with van der Waals surface area (Å²) in [5.41, 5.74) is 21.4. The molecule has 60 heavy (non-hydrogen) atoms. The molecule has 10 aromatic rings. The van der Waals surface area contributed by atoms with Crippen LogP contribution < -0.4 is 0 Å². The van der Waals surface area contributed by atoms with Gasteiger partial charge in [0.05, 0.1) is 45.1 Å². The fourth-order valence-corrected chi connectivity index (χ4v) is 10.1. The van der Waals surface area contributed by atoms with Crippen molar-refractivity contribution < 1.29 is 0 Å². The minimum Gasteiger partial charge on any atom is -0.307 e. The molecule has 0 atom stereocenters. The largest absolute Gasteiger partial charge is 0.307 e. The molecule has 0 saturated carbocycles. The Labute approximate surface area is 350 Å². The van der Waals surface area contributed by atoms with Crippen molar-refractivity contribution in [1.29, 1.82) is 5.26 Å². The quantitative estimate of drug-likeness (QED) is 0.175. The highest BCUT2D eigenvalue weighted by Gasteiger charge is 2.24. The fraction of sp³-hybridized carbons (Fsp3) is 0.145. The maximum atomic E-state index is 11.0. The Morgan fingerprint density at radius 3 is 1.30 bits per heavy atom. The lowest BCUT2D eigenvalue weighted by molar-refractivity contribution is 1.05. The molecular formula is C55H45N5. The van der Waals surface area contributed by atoms with Crippen LogP contribution in [0.5, 0.6) is 0 Å². The van der Waals surface area contributed by atoms with Crippen molar-refractivity contribution in [2.75, 3.05) is 0 Å². The summed E-state index contributed by atoms with van der Waals surface area (Å²) in [5.74, 6) is 0.541. The number of rotatable bonds is 5. The van der Waals surface area contributed by atoms with Crippen molar-refractivity contribution in [2.24, 2.45) is 0 Å². The average molecular weight is 776 g/mol. The lowest BCUT2D eigenvalue weighted by Gasteiger charge is -2.20. The Balaban J connectivity index is 1.37. The van der Waals surface area contributed by atoms with Crippen molar-refractivity contribution in [3.8, 4) is 51.1 Å². The van der Waals surface area contributed by atoms with E-state index < -0.39 is 0 Å². The molecule has 0 unspecified atom stereocenters. The van der Waals surface area contributed by atoms with E-state index in [2.05, 4.69) is 178 Å². The van der Waals surface area contributed by atoms with E-state index in [0.29, 0.717) is 17.0 Å². The van der Waals surface area contributed by atoms with Crippen LogP contribution in [0.4, 0.5) is 0 Å². The number of para-hydroxylation sites is 2. The van der Waals surface area contributed by atoms with Gasteiger partial charge < -0.3 is 9.13 Å². The Morgan fingerprint density at radius 2 is 0.850 bits per heavy atom. The van der Waals surface area contributed by atoms with Crippen LogP contribution in [0, 0.1) is 66.7 Å². The van der Waals surface area contributed by atoms with Gasteiger partial charge in [0.1, 0.15) is 0 Å². The molecule has 0 amide bonds. The smallest absolute Gasteiger partial charge is 0.161 e. The first kappa shape index (κ1) is 37.0. The molecule has 0 bridgehead atoms. The van der Waals surface area contributed by atoms with Crippen molar-refractivity contribution in [3.05, 3.63) is 178 Å². The van der Waals surface area contributed by atoms with Gasteiger partial charge in [-0.25, -0.2) is 9.97 Å². The van der Waals surface area contributed by atoms with E-state index in [1.165, 1.54) is 50.1 Å². The Bertz CT molecular complexity index is 3410. The van der Waals surface area contributed by atoms with Gasteiger partial charge in [-0.3, -0.25) is 0 Å². The van der Waals surface area contributed by atoms with Crippen LogP contribution in [0.1, 0.15) is 50.3 Å². The van der Waals surface area contributed by atoms with Crippen molar-refractivity contribution in [3.63, 3.8) is 0 Å². The summed E-state index contributed by atoms with van der Waals surface area (Å²) in [5, 5.41) is 15.6. The highest BCUT2D eigenvalue weighted by atomic mass is 15.1. The lowest BCUT2D eigenvalue weighted by Crippen LogP contribution is -2.07. The average Bonchev–Trinajstić information content (AvgIpc) is 3.71. The molecule has 0 spiro atoms. The van der Waals surface area contributed by atoms with Crippen LogP contribution in [0.2, 0.25) is 0 Å². The molecule has 0 aliphatic carbocycles. The van der Waals surface area contributed by atoms with E-state index in [-0.39, 0.29) is 0 Å². The van der Waals surface area contributed by atoms with E-state index in [9.17, 15) is 5.26 Å².